The second kappa shape index (κ2) is 6.34. The van der Waals surface area contributed by atoms with Crippen molar-refractivity contribution in [2.24, 2.45) is 5.92 Å². The number of nitrogens with one attached hydrogen (secondary N) is 1. The molecule has 0 bridgehead atoms. The van der Waals surface area contributed by atoms with Crippen molar-refractivity contribution >= 4 is 5.69 Å². The van der Waals surface area contributed by atoms with Gasteiger partial charge in [0.05, 0.1) is 6.61 Å². The lowest BCUT2D eigenvalue weighted by atomic mass is 10.0. The molecule has 0 aromatic heterocycles. The van der Waals surface area contributed by atoms with E-state index in [1.165, 1.54) is 23.4 Å². The molecular weight excluding hydrogens is 284 g/mol. The van der Waals surface area contributed by atoms with E-state index in [0.717, 1.165) is 24.8 Å². The third-order valence-electron chi connectivity index (χ3n) is 3.90. The third kappa shape index (κ3) is 3.38. The van der Waals surface area contributed by atoms with Crippen molar-refractivity contribution in [3.8, 4) is 5.75 Å². The van der Waals surface area contributed by atoms with Crippen molar-refractivity contribution in [3.05, 3.63) is 59.2 Å². The van der Waals surface area contributed by atoms with Gasteiger partial charge in [-0.25, -0.2) is 8.78 Å². The molecule has 1 heterocycles. The molecule has 1 atom stereocenters. The maximum Gasteiger partial charge on any atom is 0.129 e. The zero-order valence-electron chi connectivity index (χ0n) is 12.5. The molecule has 0 fully saturated rings. The van der Waals surface area contributed by atoms with Crippen LogP contribution < -0.4 is 10.1 Å². The van der Waals surface area contributed by atoms with Gasteiger partial charge in [-0.2, -0.15) is 0 Å². The van der Waals surface area contributed by atoms with E-state index in [0.29, 0.717) is 18.6 Å². The first-order valence-electron chi connectivity index (χ1n) is 7.55. The predicted octanol–water partition coefficient (Wildman–Crippen LogP) is 4.19. The van der Waals surface area contributed by atoms with Crippen LogP contribution in [-0.4, -0.2) is 13.2 Å². The zero-order valence-corrected chi connectivity index (χ0v) is 12.5. The summed E-state index contributed by atoms with van der Waals surface area (Å²) in [5.41, 5.74) is 2.97. The molecule has 1 N–H and O–H groups in total. The van der Waals surface area contributed by atoms with Gasteiger partial charge in [-0.3, -0.25) is 0 Å². The van der Waals surface area contributed by atoms with Gasteiger partial charge in [-0.05, 0) is 54.2 Å². The topological polar surface area (TPSA) is 21.3 Å². The van der Waals surface area contributed by atoms with Crippen LogP contribution in [-0.2, 0) is 12.8 Å². The van der Waals surface area contributed by atoms with Gasteiger partial charge < -0.3 is 10.1 Å². The Kier molecular flexibility index (Phi) is 4.27. The molecule has 2 aromatic rings. The first-order chi connectivity index (χ1) is 10.6. The van der Waals surface area contributed by atoms with Gasteiger partial charge in [0.15, 0.2) is 0 Å². The summed E-state index contributed by atoms with van der Waals surface area (Å²) in [6.07, 6.45) is 1.54. The summed E-state index contributed by atoms with van der Waals surface area (Å²) in [6.45, 7) is 3.47. The number of hydrogen-bond donors (Lipinski definition) is 1. The molecule has 0 spiro atoms. The van der Waals surface area contributed by atoms with Gasteiger partial charge in [0, 0.05) is 18.3 Å². The van der Waals surface area contributed by atoms with Crippen LogP contribution in [0.2, 0.25) is 0 Å². The fourth-order valence-corrected chi connectivity index (χ4v) is 2.73. The highest BCUT2D eigenvalue weighted by Gasteiger charge is 2.12. The largest absolute Gasteiger partial charge is 0.493 e. The van der Waals surface area contributed by atoms with E-state index in [1.807, 2.05) is 19.1 Å². The van der Waals surface area contributed by atoms with Crippen LogP contribution in [0, 0.1) is 17.6 Å². The fraction of sp³-hybridized carbons (Fsp3) is 0.333. The highest BCUT2D eigenvalue weighted by atomic mass is 19.1. The van der Waals surface area contributed by atoms with Gasteiger partial charge in [0.25, 0.3) is 0 Å². The zero-order chi connectivity index (χ0) is 15.5. The summed E-state index contributed by atoms with van der Waals surface area (Å²) < 4.78 is 32.3. The molecular formula is C18H19F2NO. The SMILES string of the molecule is CC(COc1ccc2c(c1)CCN2)Cc1ccc(F)cc1F. The number of benzene rings is 2. The van der Waals surface area contributed by atoms with E-state index in [9.17, 15) is 8.78 Å². The summed E-state index contributed by atoms with van der Waals surface area (Å²) in [7, 11) is 0. The van der Waals surface area contributed by atoms with Crippen LogP contribution in [0.15, 0.2) is 36.4 Å². The lowest BCUT2D eigenvalue weighted by Gasteiger charge is -2.14. The van der Waals surface area contributed by atoms with Crippen molar-refractivity contribution in [3.63, 3.8) is 0 Å². The Morgan fingerprint density at radius 1 is 1.18 bits per heavy atom. The summed E-state index contributed by atoms with van der Waals surface area (Å²) in [5.74, 6) is -0.0485. The van der Waals surface area contributed by atoms with Gasteiger partial charge in [0.1, 0.15) is 17.4 Å². The fourth-order valence-electron chi connectivity index (χ4n) is 2.73. The molecule has 1 aliphatic rings. The van der Waals surface area contributed by atoms with Crippen LogP contribution in [0.1, 0.15) is 18.1 Å². The Hall–Kier alpha value is -2.10. The van der Waals surface area contributed by atoms with Crippen LogP contribution in [0.25, 0.3) is 0 Å². The van der Waals surface area contributed by atoms with Crippen molar-refractivity contribution in [1.29, 1.82) is 0 Å². The monoisotopic (exact) mass is 303 g/mol. The Balaban J connectivity index is 1.57. The van der Waals surface area contributed by atoms with Crippen molar-refractivity contribution in [1.82, 2.24) is 0 Å². The normalized spacial score (nSPS) is 14.3. The van der Waals surface area contributed by atoms with Crippen LogP contribution in [0.3, 0.4) is 0 Å². The first-order valence-corrected chi connectivity index (χ1v) is 7.55. The number of halogens is 2. The molecule has 22 heavy (non-hydrogen) atoms. The van der Waals surface area contributed by atoms with Gasteiger partial charge in [-0.15, -0.1) is 0 Å². The molecule has 3 rings (SSSR count). The molecule has 0 saturated heterocycles. The molecule has 116 valence electrons. The van der Waals surface area contributed by atoms with Gasteiger partial charge >= 0.3 is 0 Å². The molecule has 2 nitrogen and oxygen atoms in total. The summed E-state index contributed by atoms with van der Waals surface area (Å²) >= 11 is 0. The Morgan fingerprint density at radius 2 is 2.05 bits per heavy atom. The Labute approximate surface area is 129 Å². The minimum atomic E-state index is -0.545. The van der Waals surface area contributed by atoms with E-state index >= 15 is 0 Å². The Bertz CT molecular complexity index is 672. The predicted molar refractivity (Wildman–Crippen MR) is 83.4 cm³/mol. The van der Waals surface area contributed by atoms with Crippen molar-refractivity contribution < 1.29 is 13.5 Å². The van der Waals surface area contributed by atoms with Gasteiger partial charge in [0.2, 0.25) is 0 Å². The molecule has 2 aromatic carbocycles. The second-order valence-electron chi connectivity index (χ2n) is 5.85. The van der Waals surface area contributed by atoms with Crippen LogP contribution in [0.5, 0.6) is 5.75 Å². The van der Waals surface area contributed by atoms with Crippen molar-refractivity contribution in [2.75, 3.05) is 18.5 Å². The number of fused-ring (bicyclic) bond motifs is 1. The number of hydrogen-bond acceptors (Lipinski definition) is 2. The Morgan fingerprint density at radius 3 is 2.86 bits per heavy atom. The highest BCUT2D eigenvalue weighted by Crippen LogP contribution is 2.27. The lowest BCUT2D eigenvalue weighted by Crippen LogP contribution is -2.12. The average molecular weight is 303 g/mol. The summed E-state index contributed by atoms with van der Waals surface area (Å²) in [5, 5.41) is 3.31. The molecule has 1 unspecified atom stereocenters. The molecule has 0 amide bonds. The van der Waals surface area contributed by atoms with Crippen LogP contribution in [0.4, 0.5) is 14.5 Å². The molecule has 1 aliphatic heterocycles. The molecule has 4 heteroatoms. The van der Waals surface area contributed by atoms with Gasteiger partial charge in [-0.1, -0.05) is 13.0 Å². The molecule has 0 saturated carbocycles. The second-order valence-corrected chi connectivity index (χ2v) is 5.85. The smallest absolute Gasteiger partial charge is 0.129 e. The van der Waals surface area contributed by atoms with E-state index in [4.69, 9.17) is 4.74 Å². The standard InChI is InChI=1S/C18H19F2NO/c1-12(8-13-2-3-15(19)10-17(13)20)11-22-16-4-5-18-14(9-16)6-7-21-18/h2-5,9-10,12,21H,6-8,11H2,1H3. The van der Waals surface area contributed by atoms with E-state index < -0.39 is 11.6 Å². The average Bonchev–Trinajstić information content (AvgIpc) is 2.95. The first kappa shape index (κ1) is 14.8. The van der Waals surface area contributed by atoms with Crippen molar-refractivity contribution in [2.45, 2.75) is 19.8 Å². The summed E-state index contributed by atoms with van der Waals surface area (Å²) in [4.78, 5) is 0. The molecule has 0 aliphatic carbocycles. The minimum Gasteiger partial charge on any atom is -0.493 e. The number of ether oxygens (including phenoxy) is 1. The van der Waals surface area contributed by atoms with Crippen LogP contribution >= 0.6 is 0 Å². The number of anilines is 1. The number of rotatable bonds is 5. The maximum atomic E-state index is 13.6. The maximum absolute atomic E-state index is 13.6. The minimum absolute atomic E-state index is 0.145. The highest BCUT2D eigenvalue weighted by molar-refractivity contribution is 5.57. The van der Waals surface area contributed by atoms with E-state index in [1.54, 1.807) is 0 Å². The quantitative estimate of drug-likeness (QED) is 0.894. The molecule has 0 radical (unpaired) electrons. The van der Waals surface area contributed by atoms with E-state index in [2.05, 4.69) is 11.4 Å². The lowest BCUT2D eigenvalue weighted by molar-refractivity contribution is 0.258. The third-order valence-corrected chi connectivity index (χ3v) is 3.90. The van der Waals surface area contributed by atoms with E-state index in [-0.39, 0.29) is 5.92 Å². The summed E-state index contributed by atoms with van der Waals surface area (Å²) in [6, 6.07) is 9.75.